The Labute approximate surface area is 138 Å². The van der Waals surface area contributed by atoms with E-state index in [9.17, 15) is 0 Å². The number of hydrogen-bond acceptors (Lipinski definition) is 1. The molecule has 23 heavy (non-hydrogen) atoms. The predicted molar refractivity (Wildman–Crippen MR) is 99.8 cm³/mol. The molecule has 1 heteroatoms. The molecule has 0 amide bonds. The zero-order valence-electron chi connectivity index (χ0n) is 13.8. The van der Waals surface area contributed by atoms with Crippen LogP contribution < -0.4 is 0 Å². The van der Waals surface area contributed by atoms with Crippen LogP contribution in [-0.2, 0) is 12.8 Å². The highest BCUT2D eigenvalue weighted by atomic mass is 14.7. The molecule has 1 aliphatic carbocycles. The van der Waals surface area contributed by atoms with Crippen molar-refractivity contribution < 1.29 is 0 Å². The molecule has 0 saturated heterocycles. The first-order chi connectivity index (χ1) is 11.4. The van der Waals surface area contributed by atoms with Gasteiger partial charge in [0, 0.05) is 10.8 Å². The lowest BCUT2D eigenvalue weighted by Gasteiger charge is -2.18. The number of para-hydroxylation sites is 1. The molecule has 1 aromatic heterocycles. The van der Waals surface area contributed by atoms with Crippen molar-refractivity contribution in [2.45, 2.75) is 45.4 Å². The number of aryl methyl sites for hydroxylation is 2. The minimum absolute atomic E-state index is 1.14. The lowest BCUT2D eigenvalue weighted by atomic mass is 9.88. The first-order valence-corrected chi connectivity index (χ1v) is 8.88. The third-order valence-corrected chi connectivity index (χ3v) is 4.99. The largest absolute Gasteiger partial charge is 0.248 e. The molecule has 0 spiro atoms. The van der Waals surface area contributed by atoms with Crippen molar-refractivity contribution in [3.63, 3.8) is 0 Å². The number of pyridine rings is 1. The number of unbranched alkanes of at least 4 members (excludes halogenated alkanes) is 2. The third-order valence-electron chi connectivity index (χ3n) is 4.99. The Balaban J connectivity index is 2.02. The van der Waals surface area contributed by atoms with Crippen LogP contribution in [0.1, 0.15) is 49.3 Å². The first-order valence-electron chi connectivity index (χ1n) is 8.88. The van der Waals surface area contributed by atoms with E-state index in [1.54, 1.807) is 0 Å². The van der Waals surface area contributed by atoms with Crippen molar-refractivity contribution in [2.75, 3.05) is 0 Å². The summed E-state index contributed by atoms with van der Waals surface area (Å²) in [6, 6.07) is 13.1. The Bertz CT molecular complexity index is 889. The van der Waals surface area contributed by atoms with Crippen LogP contribution in [0.3, 0.4) is 0 Å². The smallest absolute Gasteiger partial charge is 0.0715 e. The number of hydrogen-bond donors (Lipinski definition) is 0. The Kier molecular flexibility index (Phi) is 3.87. The number of nitrogens with zero attached hydrogens (tertiary/aromatic N) is 1. The summed E-state index contributed by atoms with van der Waals surface area (Å²) >= 11 is 0. The summed E-state index contributed by atoms with van der Waals surface area (Å²) in [4.78, 5) is 4.95. The molecule has 0 fully saturated rings. The highest BCUT2D eigenvalue weighted by Gasteiger charge is 2.15. The number of benzene rings is 2. The molecule has 4 rings (SSSR count). The van der Waals surface area contributed by atoms with Crippen molar-refractivity contribution >= 4 is 27.9 Å². The molecule has 1 heterocycles. The molecular formula is C22H23N. The lowest BCUT2D eigenvalue weighted by Crippen LogP contribution is -2.01. The molecule has 0 radical (unpaired) electrons. The van der Waals surface area contributed by atoms with E-state index in [2.05, 4.69) is 55.5 Å². The van der Waals surface area contributed by atoms with Crippen molar-refractivity contribution in [1.82, 2.24) is 4.98 Å². The quantitative estimate of drug-likeness (QED) is 0.420. The van der Waals surface area contributed by atoms with Crippen LogP contribution in [-0.4, -0.2) is 4.98 Å². The van der Waals surface area contributed by atoms with E-state index in [1.807, 2.05) is 0 Å². The second-order valence-corrected chi connectivity index (χ2v) is 6.53. The number of aromatic nitrogens is 1. The van der Waals surface area contributed by atoms with Gasteiger partial charge < -0.3 is 0 Å². The average molecular weight is 301 g/mol. The van der Waals surface area contributed by atoms with Crippen LogP contribution >= 0.6 is 0 Å². The molecule has 0 atom stereocenters. The molecule has 0 N–H and O–H groups in total. The van der Waals surface area contributed by atoms with Gasteiger partial charge in [-0.25, -0.2) is 4.98 Å². The zero-order chi connectivity index (χ0) is 15.6. The average Bonchev–Trinajstić information content (AvgIpc) is 2.61. The normalized spacial score (nSPS) is 13.6. The van der Waals surface area contributed by atoms with Gasteiger partial charge in [-0.2, -0.15) is 0 Å². The van der Waals surface area contributed by atoms with Crippen LogP contribution in [0.15, 0.2) is 42.5 Å². The van der Waals surface area contributed by atoms with Crippen LogP contribution in [0.4, 0.5) is 0 Å². The SMILES string of the molecule is CCCCCc1c2ccccc2nc2ccc3c(c12)CCC=C3. The Morgan fingerprint density at radius 1 is 1.00 bits per heavy atom. The van der Waals surface area contributed by atoms with E-state index < -0.39 is 0 Å². The van der Waals surface area contributed by atoms with E-state index in [1.165, 1.54) is 52.2 Å². The summed E-state index contributed by atoms with van der Waals surface area (Å²) in [5.74, 6) is 0. The van der Waals surface area contributed by atoms with E-state index in [4.69, 9.17) is 4.98 Å². The number of rotatable bonds is 4. The summed E-state index contributed by atoms with van der Waals surface area (Å²) < 4.78 is 0. The second kappa shape index (κ2) is 6.16. The highest BCUT2D eigenvalue weighted by molar-refractivity contribution is 6.00. The summed E-state index contributed by atoms with van der Waals surface area (Å²) in [6.45, 7) is 2.27. The van der Waals surface area contributed by atoms with Gasteiger partial charge in [0.05, 0.1) is 11.0 Å². The summed E-state index contributed by atoms with van der Waals surface area (Å²) in [5.41, 5.74) is 6.72. The molecule has 0 unspecified atom stereocenters. The van der Waals surface area contributed by atoms with Gasteiger partial charge in [-0.05, 0) is 54.5 Å². The zero-order valence-corrected chi connectivity index (χ0v) is 13.8. The predicted octanol–water partition coefficient (Wildman–Crippen LogP) is 6.08. The molecule has 0 saturated carbocycles. The second-order valence-electron chi connectivity index (χ2n) is 6.53. The van der Waals surface area contributed by atoms with Crippen LogP contribution in [0.5, 0.6) is 0 Å². The fourth-order valence-corrected chi connectivity index (χ4v) is 3.85. The van der Waals surface area contributed by atoms with Crippen molar-refractivity contribution in [3.8, 4) is 0 Å². The van der Waals surface area contributed by atoms with Gasteiger partial charge >= 0.3 is 0 Å². The van der Waals surface area contributed by atoms with Gasteiger partial charge in [0.1, 0.15) is 0 Å². The molecule has 116 valence electrons. The van der Waals surface area contributed by atoms with E-state index in [-0.39, 0.29) is 0 Å². The van der Waals surface area contributed by atoms with Gasteiger partial charge in [-0.15, -0.1) is 0 Å². The third kappa shape index (κ3) is 2.55. The fraction of sp³-hybridized carbons (Fsp3) is 0.318. The standard InChI is InChI=1S/C22H23N/c1-2-3-4-12-19-18-11-7-8-13-20(18)23-21-15-14-16-9-5-6-10-17(16)22(19)21/h5,7-9,11,13-15H,2-4,6,10,12H2,1H3. The molecule has 3 aromatic rings. The van der Waals surface area contributed by atoms with Crippen molar-refractivity contribution in [2.24, 2.45) is 0 Å². The minimum atomic E-state index is 1.14. The topological polar surface area (TPSA) is 12.9 Å². The monoisotopic (exact) mass is 301 g/mol. The van der Waals surface area contributed by atoms with Crippen LogP contribution in [0.25, 0.3) is 27.9 Å². The molecule has 1 nitrogen and oxygen atoms in total. The number of allylic oxidation sites excluding steroid dienone is 1. The minimum Gasteiger partial charge on any atom is -0.248 e. The van der Waals surface area contributed by atoms with Gasteiger partial charge in [0.2, 0.25) is 0 Å². The molecule has 0 aliphatic heterocycles. The van der Waals surface area contributed by atoms with Crippen LogP contribution in [0, 0.1) is 0 Å². The fourth-order valence-electron chi connectivity index (χ4n) is 3.85. The lowest BCUT2D eigenvalue weighted by molar-refractivity contribution is 0.721. The van der Waals surface area contributed by atoms with Gasteiger partial charge in [0.25, 0.3) is 0 Å². The van der Waals surface area contributed by atoms with E-state index in [0.717, 1.165) is 24.8 Å². The van der Waals surface area contributed by atoms with Gasteiger partial charge in [-0.1, -0.05) is 56.2 Å². The molecule has 0 bridgehead atoms. The van der Waals surface area contributed by atoms with Crippen LogP contribution in [0.2, 0.25) is 0 Å². The molecule has 2 aromatic carbocycles. The molecule has 1 aliphatic rings. The maximum absolute atomic E-state index is 4.95. The maximum Gasteiger partial charge on any atom is 0.0715 e. The highest BCUT2D eigenvalue weighted by Crippen LogP contribution is 2.34. The van der Waals surface area contributed by atoms with E-state index in [0.29, 0.717) is 0 Å². The number of fused-ring (bicyclic) bond motifs is 4. The Morgan fingerprint density at radius 2 is 1.91 bits per heavy atom. The summed E-state index contributed by atoms with van der Waals surface area (Å²) in [6.07, 6.45) is 11.8. The summed E-state index contributed by atoms with van der Waals surface area (Å²) in [5, 5.41) is 2.78. The maximum atomic E-state index is 4.95. The first kappa shape index (κ1) is 14.4. The molecular weight excluding hydrogens is 278 g/mol. The van der Waals surface area contributed by atoms with Gasteiger partial charge in [0.15, 0.2) is 0 Å². The Morgan fingerprint density at radius 3 is 2.83 bits per heavy atom. The van der Waals surface area contributed by atoms with Crippen molar-refractivity contribution in [3.05, 3.63) is 59.2 Å². The van der Waals surface area contributed by atoms with Crippen molar-refractivity contribution in [1.29, 1.82) is 0 Å². The Hall–Kier alpha value is -2.15. The summed E-state index contributed by atoms with van der Waals surface area (Å²) in [7, 11) is 0. The van der Waals surface area contributed by atoms with E-state index >= 15 is 0 Å². The van der Waals surface area contributed by atoms with Gasteiger partial charge in [-0.3, -0.25) is 0 Å².